The topological polar surface area (TPSA) is 52.6 Å². The van der Waals surface area contributed by atoms with Gasteiger partial charge in [-0.15, -0.1) is 0 Å². The number of rotatable bonds is 2. The maximum atomic E-state index is 11.2. The molecule has 0 amide bonds. The molecule has 0 atom stereocenters. The van der Waals surface area contributed by atoms with Crippen LogP contribution in [-0.4, -0.2) is 21.0 Å². The second-order valence-corrected chi connectivity index (χ2v) is 5.42. The monoisotopic (exact) mass is 221 g/mol. The van der Waals surface area contributed by atoms with Crippen LogP contribution in [0.2, 0.25) is 13.1 Å². The third-order valence-electron chi connectivity index (χ3n) is 1.94. The van der Waals surface area contributed by atoms with Crippen LogP contribution in [0.5, 0.6) is 5.75 Å². The lowest BCUT2D eigenvalue weighted by Gasteiger charge is -2.07. The summed E-state index contributed by atoms with van der Waals surface area (Å²) in [5, 5.41) is 0. The maximum Gasteiger partial charge on any atom is 0.347 e. The van der Waals surface area contributed by atoms with E-state index in [2.05, 4.69) is 4.74 Å². The first-order chi connectivity index (χ1) is 7.08. The summed E-state index contributed by atoms with van der Waals surface area (Å²) in [6.07, 6.45) is 0. The molecule has 0 aliphatic carbocycles. The normalized spacial score (nSPS) is 14.1. The molecule has 1 aliphatic heterocycles. The number of fused-ring (bicyclic) bond motifs is 1. The van der Waals surface area contributed by atoms with Gasteiger partial charge in [0.25, 0.3) is 9.04 Å². The molecule has 0 fully saturated rings. The van der Waals surface area contributed by atoms with Crippen molar-refractivity contribution >= 4 is 21.0 Å². The molecule has 1 radical (unpaired) electrons. The minimum Gasteiger partial charge on any atom is -0.543 e. The number of ether oxygens (including phenoxy) is 1. The van der Waals surface area contributed by atoms with Crippen molar-refractivity contribution in [2.24, 2.45) is 0 Å². The van der Waals surface area contributed by atoms with Crippen LogP contribution in [0.15, 0.2) is 18.2 Å². The predicted molar refractivity (Wildman–Crippen MR) is 54.3 cm³/mol. The van der Waals surface area contributed by atoms with E-state index in [9.17, 15) is 9.59 Å². The third kappa shape index (κ3) is 1.78. The molecule has 0 N–H and O–H groups in total. The fourth-order valence-corrected chi connectivity index (χ4v) is 1.96. The van der Waals surface area contributed by atoms with Gasteiger partial charge in [0.1, 0.15) is 5.75 Å². The van der Waals surface area contributed by atoms with Gasteiger partial charge in [-0.1, -0.05) is 0 Å². The molecule has 5 heteroatoms. The summed E-state index contributed by atoms with van der Waals surface area (Å²) in [5.41, 5.74) is 0.606. The quantitative estimate of drug-likeness (QED) is 0.432. The summed E-state index contributed by atoms with van der Waals surface area (Å²) < 4.78 is 9.97. The van der Waals surface area contributed by atoms with Crippen molar-refractivity contribution in [2.45, 2.75) is 13.1 Å². The molecule has 4 nitrogen and oxygen atoms in total. The van der Waals surface area contributed by atoms with Gasteiger partial charge < -0.3 is 9.16 Å². The van der Waals surface area contributed by atoms with Crippen LogP contribution in [0.25, 0.3) is 0 Å². The van der Waals surface area contributed by atoms with Crippen LogP contribution in [0.1, 0.15) is 20.7 Å². The number of cyclic esters (lactones) is 2. The fourth-order valence-electron chi connectivity index (χ4n) is 1.36. The summed E-state index contributed by atoms with van der Waals surface area (Å²) in [7, 11) is -0.871. The average molecular weight is 221 g/mol. The molecule has 77 valence electrons. The van der Waals surface area contributed by atoms with Gasteiger partial charge >= 0.3 is 11.9 Å². The predicted octanol–water partition coefficient (Wildman–Crippen LogP) is 1.63. The number of carbonyl (C=O) groups excluding carboxylic acids is 2. The van der Waals surface area contributed by atoms with Crippen molar-refractivity contribution in [3.63, 3.8) is 0 Å². The number of esters is 2. The standard InChI is InChI=1S/C10H9O4Si/c1-15(2)14-6-3-4-7-8(5-6)10(12)13-9(7)11/h3-5H,1-2H3. The lowest BCUT2D eigenvalue weighted by Crippen LogP contribution is -2.11. The van der Waals surface area contributed by atoms with E-state index in [1.807, 2.05) is 13.1 Å². The summed E-state index contributed by atoms with van der Waals surface area (Å²) in [6, 6.07) is 4.79. The van der Waals surface area contributed by atoms with Crippen molar-refractivity contribution in [3.8, 4) is 5.75 Å². The van der Waals surface area contributed by atoms with Gasteiger partial charge in [-0.3, -0.25) is 0 Å². The summed E-state index contributed by atoms with van der Waals surface area (Å²) in [6.45, 7) is 3.97. The Kier molecular flexibility index (Phi) is 2.32. The second-order valence-electron chi connectivity index (χ2n) is 3.39. The van der Waals surface area contributed by atoms with E-state index >= 15 is 0 Å². The number of benzene rings is 1. The smallest absolute Gasteiger partial charge is 0.347 e. The zero-order valence-corrected chi connectivity index (χ0v) is 9.37. The van der Waals surface area contributed by atoms with Gasteiger partial charge in [0.05, 0.1) is 11.1 Å². The van der Waals surface area contributed by atoms with Crippen LogP contribution in [-0.2, 0) is 4.74 Å². The molecule has 0 bridgehead atoms. The van der Waals surface area contributed by atoms with Crippen LogP contribution in [0.3, 0.4) is 0 Å². The van der Waals surface area contributed by atoms with Crippen LogP contribution in [0.4, 0.5) is 0 Å². The molecule has 0 saturated heterocycles. The van der Waals surface area contributed by atoms with E-state index in [1.165, 1.54) is 0 Å². The van der Waals surface area contributed by atoms with Gasteiger partial charge in [0.2, 0.25) is 0 Å². The Labute approximate surface area is 88.5 Å². The van der Waals surface area contributed by atoms with Crippen LogP contribution in [0, 0.1) is 0 Å². The molecular formula is C10H9O4Si. The summed E-state index contributed by atoms with van der Waals surface area (Å²) in [5.74, 6) is -0.569. The molecule has 1 aromatic carbocycles. The van der Waals surface area contributed by atoms with E-state index in [-0.39, 0.29) is 0 Å². The Morgan fingerprint density at radius 2 is 1.80 bits per heavy atom. The SMILES string of the molecule is C[Si](C)Oc1ccc2c(c1)C(=O)OC2=O. The highest BCUT2D eigenvalue weighted by Gasteiger charge is 2.29. The fraction of sp³-hybridized carbons (Fsp3) is 0.200. The zero-order chi connectivity index (χ0) is 11.0. The van der Waals surface area contributed by atoms with E-state index in [4.69, 9.17) is 4.43 Å². The van der Waals surface area contributed by atoms with Gasteiger partial charge in [-0.05, 0) is 31.3 Å². The minimum atomic E-state index is -0.871. The first-order valence-corrected chi connectivity index (χ1v) is 6.87. The first-order valence-electron chi connectivity index (χ1n) is 4.46. The molecule has 1 aliphatic rings. The highest BCUT2D eigenvalue weighted by Crippen LogP contribution is 2.24. The molecule has 15 heavy (non-hydrogen) atoms. The molecule has 0 aromatic heterocycles. The molecule has 1 aromatic rings. The second kappa shape index (κ2) is 3.51. The van der Waals surface area contributed by atoms with E-state index < -0.39 is 21.0 Å². The summed E-state index contributed by atoms with van der Waals surface area (Å²) >= 11 is 0. The zero-order valence-electron chi connectivity index (χ0n) is 8.37. The number of hydrogen-bond donors (Lipinski definition) is 0. The van der Waals surface area contributed by atoms with Crippen LogP contribution >= 0.6 is 0 Å². The van der Waals surface area contributed by atoms with Crippen molar-refractivity contribution in [3.05, 3.63) is 29.3 Å². The Balaban J connectivity index is 2.38. The van der Waals surface area contributed by atoms with Crippen LogP contribution < -0.4 is 4.43 Å². The van der Waals surface area contributed by atoms with E-state index in [1.54, 1.807) is 18.2 Å². The summed E-state index contributed by atoms with van der Waals surface area (Å²) in [4.78, 5) is 22.4. The molecule has 0 saturated carbocycles. The Hall–Kier alpha value is -1.62. The Morgan fingerprint density at radius 3 is 2.47 bits per heavy atom. The average Bonchev–Trinajstić information content (AvgIpc) is 2.41. The third-order valence-corrected chi connectivity index (χ3v) is 2.58. The maximum absolute atomic E-state index is 11.2. The van der Waals surface area contributed by atoms with Crippen molar-refractivity contribution in [1.82, 2.24) is 0 Å². The largest absolute Gasteiger partial charge is 0.543 e. The van der Waals surface area contributed by atoms with Gasteiger partial charge in [-0.25, -0.2) is 9.59 Å². The molecule has 1 heterocycles. The Bertz CT molecular complexity index is 439. The van der Waals surface area contributed by atoms with Crippen molar-refractivity contribution in [1.29, 1.82) is 0 Å². The molecule has 2 rings (SSSR count). The molecule has 0 unspecified atom stereocenters. The lowest BCUT2D eigenvalue weighted by molar-refractivity contribution is 0.0443. The number of hydrogen-bond acceptors (Lipinski definition) is 4. The number of carbonyl (C=O) groups is 2. The van der Waals surface area contributed by atoms with Crippen molar-refractivity contribution in [2.75, 3.05) is 0 Å². The molecule has 0 spiro atoms. The van der Waals surface area contributed by atoms with Gasteiger partial charge in [-0.2, -0.15) is 0 Å². The first kappa shape index (κ1) is 9.91. The van der Waals surface area contributed by atoms with Gasteiger partial charge in [0.15, 0.2) is 0 Å². The Morgan fingerprint density at radius 1 is 1.13 bits per heavy atom. The highest BCUT2D eigenvalue weighted by molar-refractivity contribution is 6.49. The lowest BCUT2D eigenvalue weighted by atomic mass is 10.1. The highest BCUT2D eigenvalue weighted by atomic mass is 28.3. The van der Waals surface area contributed by atoms with Gasteiger partial charge in [0, 0.05) is 0 Å². The molecular weight excluding hydrogens is 212 g/mol. The minimum absolute atomic E-state index is 0.292. The van der Waals surface area contributed by atoms with E-state index in [0.717, 1.165) is 0 Å². The van der Waals surface area contributed by atoms with Crippen molar-refractivity contribution < 1.29 is 18.8 Å². The van der Waals surface area contributed by atoms with E-state index in [0.29, 0.717) is 16.9 Å².